The van der Waals surface area contributed by atoms with E-state index in [1.165, 1.54) is 0 Å². The number of piperidine rings is 2. The second kappa shape index (κ2) is 7.42. The maximum absolute atomic E-state index is 13.3. The molecule has 4 aliphatic rings. The zero-order valence-electron chi connectivity index (χ0n) is 17.4. The summed E-state index contributed by atoms with van der Waals surface area (Å²) < 4.78 is 0. The topological polar surface area (TPSA) is 116 Å². The molecule has 0 saturated carbocycles. The normalized spacial score (nSPS) is 25.6. The van der Waals surface area contributed by atoms with Crippen LogP contribution < -0.4 is 16.0 Å². The highest BCUT2D eigenvalue weighted by Gasteiger charge is 2.49. The largest absolute Gasteiger partial charge is 0.370 e. The molecular weight excluding hydrogens is 398 g/mol. The van der Waals surface area contributed by atoms with Crippen LogP contribution in [0.2, 0.25) is 0 Å². The van der Waals surface area contributed by atoms with Gasteiger partial charge in [-0.15, -0.1) is 0 Å². The maximum atomic E-state index is 13.3. The minimum Gasteiger partial charge on any atom is -0.370 e. The second-order valence-electron chi connectivity index (χ2n) is 9.13. The summed E-state index contributed by atoms with van der Waals surface area (Å²) >= 11 is 0. The number of nitrogens with two attached hydrogens (primary N) is 1. The Bertz CT molecular complexity index is 961. The first-order chi connectivity index (χ1) is 14.9. The quantitative estimate of drug-likeness (QED) is 0.650. The van der Waals surface area contributed by atoms with Gasteiger partial charge >= 0.3 is 0 Å². The Hall–Kier alpha value is -2.78. The molecule has 0 aromatic heterocycles. The molecule has 3 N–H and O–H groups in total. The first-order valence-electron chi connectivity index (χ1n) is 10.9. The SMILES string of the molecule is NCCN1CCC2(CC1)CN(c1cccc3c1C(=O)N(C1CCC(=O)NC1=O)C3=O)C2. The van der Waals surface area contributed by atoms with Gasteiger partial charge in [-0.05, 0) is 44.5 Å². The summed E-state index contributed by atoms with van der Waals surface area (Å²) in [5, 5.41) is 2.24. The number of likely N-dealkylation sites (tertiary alicyclic amines) is 1. The van der Waals surface area contributed by atoms with Crippen LogP contribution in [-0.4, -0.2) is 78.7 Å². The van der Waals surface area contributed by atoms with Gasteiger partial charge in [-0.3, -0.25) is 29.4 Å². The van der Waals surface area contributed by atoms with E-state index >= 15 is 0 Å². The van der Waals surface area contributed by atoms with Crippen LogP contribution in [0, 0.1) is 5.41 Å². The van der Waals surface area contributed by atoms with Gasteiger partial charge < -0.3 is 15.5 Å². The molecule has 3 fully saturated rings. The molecule has 1 aromatic carbocycles. The fraction of sp³-hybridized carbons (Fsp3) is 0.545. The fourth-order valence-electron chi connectivity index (χ4n) is 5.44. The molecule has 0 bridgehead atoms. The summed E-state index contributed by atoms with van der Waals surface area (Å²) in [5.74, 6) is -1.85. The zero-order valence-corrected chi connectivity index (χ0v) is 17.4. The summed E-state index contributed by atoms with van der Waals surface area (Å²) in [6, 6.07) is 4.38. The van der Waals surface area contributed by atoms with Gasteiger partial charge in [0.2, 0.25) is 11.8 Å². The fourth-order valence-corrected chi connectivity index (χ4v) is 5.44. The van der Waals surface area contributed by atoms with Gasteiger partial charge in [0.1, 0.15) is 6.04 Å². The van der Waals surface area contributed by atoms with Crippen molar-refractivity contribution in [1.29, 1.82) is 0 Å². The van der Waals surface area contributed by atoms with Gasteiger partial charge in [0.25, 0.3) is 11.8 Å². The van der Waals surface area contributed by atoms with Gasteiger partial charge in [0.15, 0.2) is 0 Å². The number of benzene rings is 1. The first-order valence-corrected chi connectivity index (χ1v) is 10.9. The number of carbonyl (C=O) groups excluding carboxylic acids is 4. The van der Waals surface area contributed by atoms with Crippen molar-refractivity contribution >= 4 is 29.3 Å². The molecule has 1 spiro atoms. The summed E-state index contributed by atoms with van der Waals surface area (Å²) in [6.07, 6.45) is 2.49. The smallest absolute Gasteiger partial charge is 0.264 e. The summed E-state index contributed by atoms with van der Waals surface area (Å²) in [7, 11) is 0. The van der Waals surface area contributed by atoms with E-state index < -0.39 is 23.8 Å². The lowest BCUT2D eigenvalue weighted by molar-refractivity contribution is -0.136. The lowest BCUT2D eigenvalue weighted by Crippen LogP contribution is -2.61. The number of nitrogens with zero attached hydrogens (tertiary/aromatic N) is 3. The van der Waals surface area contributed by atoms with Crippen molar-refractivity contribution in [2.24, 2.45) is 11.1 Å². The van der Waals surface area contributed by atoms with Crippen LogP contribution in [0.25, 0.3) is 0 Å². The molecule has 9 heteroatoms. The van der Waals surface area contributed by atoms with Crippen molar-refractivity contribution in [3.63, 3.8) is 0 Å². The van der Waals surface area contributed by atoms with Gasteiger partial charge in [0.05, 0.1) is 16.8 Å². The predicted molar refractivity (Wildman–Crippen MR) is 112 cm³/mol. The Labute approximate surface area is 180 Å². The molecule has 4 aliphatic heterocycles. The van der Waals surface area contributed by atoms with Crippen LogP contribution in [-0.2, 0) is 9.59 Å². The second-order valence-corrected chi connectivity index (χ2v) is 9.13. The highest BCUT2D eigenvalue weighted by atomic mass is 16.2. The number of hydrogen-bond acceptors (Lipinski definition) is 7. The monoisotopic (exact) mass is 425 g/mol. The van der Waals surface area contributed by atoms with Gasteiger partial charge in [0, 0.05) is 38.0 Å². The highest BCUT2D eigenvalue weighted by molar-refractivity contribution is 6.25. The van der Waals surface area contributed by atoms with Crippen molar-refractivity contribution in [2.75, 3.05) is 44.2 Å². The van der Waals surface area contributed by atoms with Gasteiger partial charge in [-0.2, -0.15) is 0 Å². The van der Waals surface area contributed by atoms with E-state index in [0.29, 0.717) is 17.7 Å². The van der Waals surface area contributed by atoms with Gasteiger partial charge in [-0.1, -0.05) is 6.07 Å². The third kappa shape index (κ3) is 3.23. The number of amides is 4. The van der Waals surface area contributed by atoms with E-state index in [0.717, 1.165) is 56.2 Å². The maximum Gasteiger partial charge on any atom is 0.264 e. The van der Waals surface area contributed by atoms with E-state index in [-0.39, 0.29) is 24.2 Å². The molecule has 4 heterocycles. The lowest BCUT2D eigenvalue weighted by Gasteiger charge is -2.55. The molecule has 5 rings (SSSR count). The van der Waals surface area contributed by atoms with E-state index in [9.17, 15) is 19.2 Å². The third-order valence-corrected chi connectivity index (χ3v) is 7.20. The molecule has 3 saturated heterocycles. The predicted octanol–water partition coefficient (Wildman–Crippen LogP) is -0.0513. The number of hydrogen-bond donors (Lipinski definition) is 2. The Morgan fingerprint density at radius 1 is 1.06 bits per heavy atom. The molecule has 164 valence electrons. The van der Waals surface area contributed by atoms with Crippen molar-refractivity contribution in [2.45, 2.75) is 31.7 Å². The van der Waals surface area contributed by atoms with E-state index in [1.807, 2.05) is 6.07 Å². The van der Waals surface area contributed by atoms with Crippen LogP contribution in [0.5, 0.6) is 0 Å². The Morgan fingerprint density at radius 3 is 2.48 bits per heavy atom. The zero-order chi connectivity index (χ0) is 21.8. The minimum absolute atomic E-state index is 0.118. The number of rotatable bonds is 4. The van der Waals surface area contributed by atoms with Gasteiger partial charge in [-0.25, -0.2) is 0 Å². The van der Waals surface area contributed by atoms with E-state index in [4.69, 9.17) is 5.73 Å². The third-order valence-electron chi connectivity index (χ3n) is 7.20. The van der Waals surface area contributed by atoms with E-state index in [2.05, 4.69) is 15.1 Å². The Kier molecular flexibility index (Phi) is 4.82. The van der Waals surface area contributed by atoms with E-state index in [1.54, 1.807) is 12.1 Å². The van der Waals surface area contributed by atoms with Crippen LogP contribution in [0.3, 0.4) is 0 Å². The summed E-state index contributed by atoms with van der Waals surface area (Å²) in [4.78, 5) is 55.7. The van der Waals surface area contributed by atoms with Crippen molar-refractivity contribution < 1.29 is 19.2 Å². The van der Waals surface area contributed by atoms with Crippen molar-refractivity contribution in [3.05, 3.63) is 29.3 Å². The average Bonchev–Trinajstić information content (AvgIpc) is 2.98. The number of imide groups is 2. The number of nitrogens with one attached hydrogen (secondary N) is 1. The molecule has 1 unspecified atom stereocenters. The highest BCUT2D eigenvalue weighted by Crippen LogP contribution is 2.45. The standard InChI is InChI=1S/C22H27N5O4/c23-8-11-25-9-6-22(7-10-25)12-26(13-22)15-3-1-2-14-18(15)21(31)27(20(14)30)16-4-5-17(28)24-19(16)29/h1-3,16H,4-13,23H2,(H,24,28,29). The average molecular weight is 425 g/mol. The Morgan fingerprint density at radius 2 is 1.81 bits per heavy atom. The molecule has 9 nitrogen and oxygen atoms in total. The number of anilines is 1. The van der Waals surface area contributed by atoms with Crippen LogP contribution in [0.1, 0.15) is 46.4 Å². The molecule has 4 amide bonds. The Balaban J connectivity index is 1.34. The van der Waals surface area contributed by atoms with Crippen LogP contribution in [0.15, 0.2) is 18.2 Å². The van der Waals surface area contributed by atoms with Crippen LogP contribution in [0.4, 0.5) is 5.69 Å². The number of fused-ring (bicyclic) bond motifs is 1. The summed E-state index contributed by atoms with van der Waals surface area (Å²) in [6.45, 7) is 5.41. The minimum atomic E-state index is -0.937. The van der Waals surface area contributed by atoms with Crippen molar-refractivity contribution in [1.82, 2.24) is 15.1 Å². The van der Waals surface area contributed by atoms with Crippen LogP contribution >= 0.6 is 0 Å². The summed E-state index contributed by atoms with van der Waals surface area (Å²) in [5.41, 5.74) is 7.41. The molecule has 1 aromatic rings. The number of carbonyl (C=O) groups is 4. The molecular formula is C22H27N5O4. The molecule has 1 atom stereocenters. The molecule has 0 aliphatic carbocycles. The van der Waals surface area contributed by atoms with Crippen molar-refractivity contribution in [3.8, 4) is 0 Å². The molecule has 0 radical (unpaired) electrons. The lowest BCUT2D eigenvalue weighted by atomic mass is 9.71. The molecule has 31 heavy (non-hydrogen) atoms. The first kappa shape index (κ1) is 20.1.